The molecule has 21 heavy (non-hydrogen) atoms. The van der Waals surface area contributed by atoms with Crippen molar-refractivity contribution < 1.29 is 45.0 Å². The summed E-state index contributed by atoms with van der Waals surface area (Å²) in [7, 11) is 0. The molecule has 0 saturated carbocycles. The van der Waals surface area contributed by atoms with Gasteiger partial charge in [-0.15, -0.1) is 0 Å². The summed E-state index contributed by atoms with van der Waals surface area (Å²) in [4.78, 5) is 22.6. The van der Waals surface area contributed by atoms with Gasteiger partial charge in [-0.25, -0.2) is 4.79 Å². The second-order valence-corrected chi connectivity index (χ2v) is 4.68. The van der Waals surface area contributed by atoms with Crippen LogP contribution in [0.4, 0.5) is 0 Å². The van der Waals surface area contributed by atoms with E-state index in [1.807, 2.05) is 0 Å². The molecule has 0 spiro atoms. The second kappa shape index (κ2) is 9.03. The topological polar surface area (TPSA) is 165 Å². The number of esters is 1. The molecule has 9 nitrogen and oxygen atoms in total. The normalized spacial score (nSPS) is 20.0. The van der Waals surface area contributed by atoms with Crippen molar-refractivity contribution in [1.29, 1.82) is 0 Å². The zero-order valence-corrected chi connectivity index (χ0v) is 11.6. The summed E-state index contributed by atoms with van der Waals surface area (Å²) in [6.45, 7) is -0.182. The van der Waals surface area contributed by atoms with Gasteiger partial charge in [0.25, 0.3) is 0 Å². The molecule has 0 aromatic heterocycles. The Labute approximate surface area is 121 Å². The number of aliphatic hydroxyl groups is 6. The molecule has 9 heteroatoms. The average Bonchev–Trinajstić information content (AvgIpc) is 2.49. The molecule has 0 fully saturated rings. The maximum absolute atomic E-state index is 11.7. The highest BCUT2D eigenvalue weighted by molar-refractivity contribution is 5.81. The monoisotopic (exact) mass is 310 g/mol. The standard InChI is InChI=1S/C12H22O9/c1-2-3-12(20,6-15)11(19)21-8(5-14)10(18)9(17)7(16)4-13/h5,7-10,13,15-18,20H,2-4,6H2,1H3/t7-,8+,9-,10-,12?/m1/s1. The van der Waals surface area contributed by atoms with Crippen LogP contribution in [0.15, 0.2) is 0 Å². The van der Waals surface area contributed by atoms with Crippen LogP contribution in [-0.2, 0) is 14.3 Å². The first kappa shape index (κ1) is 19.9. The predicted octanol–water partition coefficient (Wildman–Crippen LogP) is -3.30. The van der Waals surface area contributed by atoms with Crippen molar-refractivity contribution in [3.63, 3.8) is 0 Å². The summed E-state index contributed by atoms with van der Waals surface area (Å²) in [6.07, 6.45) is -7.35. The van der Waals surface area contributed by atoms with E-state index in [0.717, 1.165) is 0 Å². The lowest BCUT2D eigenvalue weighted by atomic mass is 9.99. The molecule has 124 valence electrons. The summed E-state index contributed by atoms with van der Waals surface area (Å²) < 4.78 is 4.57. The number of rotatable bonds is 10. The third-order valence-electron chi connectivity index (χ3n) is 2.95. The van der Waals surface area contributed by atoms with E-state index in [-0.39, 0.29) is 12.7 Å². The van der Waals surface area contributed by atoms with Crippen LogP contribution in [0, 0.1) is 0 Å². The molecule has 0 radical (unpaired) electrons. The minimum Gasteiger partial charge on any atom is -0.450 e. The van der Waals surface area contributed by atoms with Gasteiger partial charge >= 0.3 is 5.97 Å². The Hall–Kier alpha value is -1.10. The Morgan fingerprint density at radius 1 is 1.24 bits per heavy atom. The van der Waals surface area contributed by atoms with Crippen LogP contribution < -0.4 is 0 Å². The van der Waals surface area contributed by atoms with Crippen LogP contribution in [0.5, 0.6) is 0 Å². The average molecular weight is 310 g/mol. The smallest absolute Gasteiger partial charge is 0.341 e. The molecule has 0 aliphatic heterocycles. The molecule has 0 aliphatic rings. The number of carbonyl (C=O) groups excluding carboxylic acids is 2. The van der Waals surface area contributed by atoms with Crippen molar-refractivity contribution in [1.82, 2.24) is 0 Å². The summed E-state index contributed by atoms with van der Waals surface area (Å²) in [6, 6.07) is 0. The number of hydrogen-bond donors (Lipinski definition) is 6. The molecule has 0 aliphatic carbocycles. The van der Waals surface area contributed by atoms with Crippen LogP contribution >= 0.6 is 0 Å². The fourth-order valence-corrected chi connectivity index (χ4v) is 1.60. The van der Waals surface area contributed by atoms with Crippen LogP contribution in [0.1, 0.15) is 19.8 Å². The molecular weight excluding hydrogens is 288 g/mol. The Kier molecular flexibility index (Phi) is 8.55. The summed E-state index contributed by atoms with van der Waals surface area (Å²) in [5.74, 6) is -1.34. The largest absolute Gasteiger partial charge is 0.450 e. The van der Waals surface area contributed by atoms with E-state index in [1.165, 1.54) is 0 Å². The first-order valence-corrected chi connectivity index (χ1v) is 6.42. The maximum Gasteiger partial charge on any atom is 0.341 e. The molecule has 0 saturated heterocycles. The maximum atomic E-state index is 11.7. The van der Waals surface area contributed by atoms with Crippen molar-refractivity contribution >= 4 is 12.3 Å². The molecule has 0 rings (SSSR count). The Balaban J connectivity index is 4.91. The number of ether oxygens (including phenoxy) is 1. The third kappa shape index (κ3) is 5.30. The van der Waals surface area contributed by atoms with E-state index in [9.17, 15) is 24.9 Å². The minimum atomic E-state index is -2.23. The fraction of sp³-hybridized carbons (Fsp3) is 0.833. The Bertz CT molecular complexity index is 335. The van der Waals surface area contributed by atoms with E-state index < -0.39 is 49.2 Å². The van der Waals surface area contributed by atoms with Crippen molar-refractivity contribution in [3.05, 3.63) is 0 Å². The van der Waals surface area contributed by atoms with E-state index in [0.29, 0.717) is 6.42 Å². The second-order valence-electron chi connectivity index (χ2n) is 4.68. The van der Waals surface area contributed by atoms with Gasteiger partial charge in [0, 0.05) is 0 Å². The molecule has 1 unspecified atom stereocenters. The first-order valence-electron chi connectivity index (χ1n) is 6.42. The van der Waals surface area contributed by atoms with Crippen molar-refractivity contribution in [3.8, 4) is 0 Å². The molecule has 0 bridgehead atoms. The van der Waals surface area contributed by atoms with E-state index in [4.69, 9.17) is 15.3 Å². The van der Waals surface area contributed by atoms with Gasteiger partial charge in [0.2, 0.25) is 0 Å². The Morgan fingerprint density at radius 2 is 1.81 bits per heavy atom. The van der Waals surface area contributed by atoms with Crippen molar-refractivity contribution in [2.75, 3.05) is 13.2 Å². The lowest BCUT2D eigenvalue weighted by Gasteiger charge is -2.29. The van der Waals surface area contributed by atoms with Gasteiger partial charge in [-0.3, -0.25) is 4.79 Å². The Morgan fingerprint density at radius 3 is 2.19 bits per heavy atom. The van der Waals surface area contributed by atoms with Gasteiger partial charge < -0.3 is 35.4 Å². The molecule has 0 amide bonds. The number of carbonyl (C=O) groups is 2. The van der Waals surface area contributed by atoms with Gasteiger partial charge in [-0.05, 0) is 6.42 Å². The quantitative estimate of drug-likeness (QED) is 0.179. The first-order chi connectivity index (χ1) is 9.77. The van der Waals surface area contributed by atoms with Gasteiger partial charge in [0.05, 0.1) is 13.2 Å². The SMILES string of the molecule is CCCC(O)(CO)C(=O)O[C@@H](C=O)[C@@H](O)[C@H](O)[C@H](O)CO. The van der Waals surface area contributed by atoms with Gasteiger partial charge in [-0.1, -0.05) is 13.3 Å². The highest BCUT2D eigenvalue weighted by Crippen LogP contribution is 2.17. The summed E-state index contributed by atoms with van der Waals surface area (Å²) in [5, 5.41) is 55.7. The molecule has 0 heterocycles. The predicted molar refractivity (Wildman–Crippen MR) is 68.0 cm³/mol. The van der Waals surface area contributed by atoms with Crippen LogP contribution in [0.3, 0.4) is 0 Å². The van der Waals surface area contributed by atoms with Crippen LogP contribution in [0.2, 0.25) is 0 Å². The highest BCUT2D eigenvalue weighted by Gasteiger charge is 2.40. The number of aldehydes is 1. The van der Waals surface area contributed by atoms with Gasteiger partial charge in [-0.2, -0.15) is 0 Å². The molecule has 6 N–H and O–H groups in total. The molecular formula is C12H22O9. The van der Waals surface area contributed by atoms with Crippen LogP contribution in [-0.4, -0.2) is 86.1 Å². The fourth-order valence-electron chi connectivity index (χ4n) is 1.60. The summed E-state index contributed by atoms with van der Waals surface area (Å²) in [5.41, 5.74) is -2.23. The van der Waals surface area contributed by atoms with E-state index in [2.05, 4.69) is 4.74 Å². The van der Waals surface area contributed by atoms with Gasteiger partial charge in [0.1, 0.15) is 18.3 Å². The zero-order chi connectivity index (χ0) is 16.6. The van der Waals surface area contributed by atoms with Gasteiger partial charge in [0.15, 0.2) is 18.0 Å². The summed E-state index contributed by atoms with van der Waals surface area (Å²) >= 11 is 0. The van der Waals surface area contributed by atoms with Crippen molar-refractivity contribution in [2.45, 2.75) is 49.8 Å². The molecule has 0 aromatic carbocycles. The lowest BCUT2D eigenvalue weighted by molar-refractivity contribution is -0.188. The van der Waals surface area contributed by atoms with E-state index >= 15 is 0 Å². The minimum absolute atomic E-state index is 0.000376. The lowest BCUT2D eigenvalue weighted by Crippen LogP contribution is -2.51. The van der Waals surface area contributed by atoms with Crippen molar-refractivity contribution in [2.24, 2.45) is 0 Å². The number of hydrogen-bond acceptors (Lipinski definition) is 9. The molecule has 5 atom stereocenters. The molecule has 0 aromatic rings. The van der Waals surface area contributed by atoms with E-state index in [1.54, 1.807) is 6.92 Å². The number of aliphatic hydroxyl groups excluding tert-OH is 5. The third-order valence-corrected chi connectivity index (χ3v) is 2.95. The van der Waals surface area contributed by atoms with Crippen LogP contribution in [0.25, 0.3) is 0 Å². The highest BCUT2D eigenvalue weighted by atomic mass is 16.6. The zero-order valence-electron chi connectivity index (χ0n) is 11.6.